The molecule has 0 saturated heterocycles. The predicted molar refractivity (Wildman–Crippen MR) is 201 cm³/mol. The first-order chi connectivity index (χ1) is 23.4. The number of nitrogens with zero attached hydrogens (tertiary/aromatic N) is 2. The number of hydrogen-bond donors (Lipinski definition) is 0. The molecule has 0 fully saturated rings. The molecule has 0 bridgehead atoms. The first-order valence-corrected chi connectivity index (χ1v) is 16.4. The maximum atomic E-state index is 6.01. The summed E-state index contributed by atoms with van der Waals surface area (Å²) in [7, 11) is 1.95. The molecule has 0 N–H and O–H groups in total. The van der Waals surface area contributed by atoms with Crippen molar-refractivity contribution in [3.8, 4) is 55.6 Å². The van der Waals surface area contributed by atoms with Crippen LogP contribution in [0, 0.1) is 6.92 Å². The number of furan rings is 1. The molecule has 0 saturated carbocycles. The average Bonchev–Trinajstić information content (AvgIpc) is 3.68. The fourth-order valence-electron chi connectivity index (χ4n) is 6.78. The number of aryl methyl sites for hydroxylation is 2. The maximum Gasteiger partial charge on any atom is 0.173 e. The summed E-state index contributed by atoms with van der Waals surface area (Å²) in [6, 6.07) is 48.5. The Bertz CT molecular complexity index is 2490. The third-order valence-electron chi connectivity index (χ3n) is 9.32. The lowest BCUT2D eigenvalue weighted by molar-refractivity contribution is 0.668. The molecule has 0 aliphatic rings. The monoisotopic (exact) mass is 620 g/mol. The summed E-state index contributed by atoms with van der Waals surface area (Å²) >= 11 is 0. The minimum absolute atomic E-state index is 0.811. The third-order valence-corrected chi connectivity index (χ3v) is 9.32. The Balaban J connectivity index is 1.10. The number of benzene rings is 6. The second kappa shape index (κ2) is 12.0. The van der Waals surface area contributed by atoms with E-state index in [0.717, 1.165) is 34.1 Å². The van der Waals surface area contributed by atoms with Crippen molar-refractivity contribution in [3.63, 3.8) is 0 Å². The van der Waals surface area contributed by atoms with E-state index in [2.05, 4.69) is 159 Å². The Morgan fingerprint density at radius 1 is 0.583 bits per heavy atom. The molecular weight excluding hydrogens is 585 g/mol. The van der Waals surface area contributed by atoms with Gasteiger partial charge in [-0.05, 0) is 123 Å². The molecule has 0 aliphatic heterocycles. The van der Waals surface area contributed by atoms with Crippen molar-refractivity contribution < 1.29 is 4.42 Å². The van der Waals surface area contributed by atoms with Crippen LogP contribution >= 0.6 is 0 Å². The highest BCUT2D eigenvalue weighted by Gasteiger charge is 2.13. The zero-order valence-corrected chi connectivity index (χ0v) is 27.5. The van der Waals surface area contributed by atoms with Crippen molar-refractivity contribution in [1.82, 2.24) is 9.78 Å². The van der Waals surface area contributed by atoms with Crippen molar-refractivity contribution >= 4 is 22.1 Å². The van der Waals surface area contributed by atoms with E-state index in [-0.39, 0.29) is 0 Å². The molecule has 0 unspecified atom stereocenters. The lowest BCUT2D eigenvalue weighted by Crippen LogP contribution is -1.92. The summed E-state index contributed by atoms with van der Waals surface area (Å²) in [5.41, 5.74) is 18.5. The fraction of sp³-hybridized carbons (Fsp3) is 0.0889. The van der Waals surface area contributed by atoms with E-state index in [9.17, 15) is 0 Å². The lowest BCUT2D eigenvalue weighted by atomic mass is 9.93. The standard InChI is InChI=1S/C45H36N2O/c1-29(2)21-41-26-39(18-17-30(41)3)37-15-7-13-35(24-37)33-11-5-9-31(22-33)32-10-6-12-34(23-32)36-14-8-16-38(25-36)40-19-20-43-42(27-40)45-44(48-43)28-46-47(45)4/h5-20,22-28H,1,21H2,2-4H3. The molecule has 2 aromatic heterocycles. The zero-order valence-electron chi connectivity index (χ0n) is 27.5. The van der Waals surface area contributed by atoms with Gasteiger partial charge in [-0.2, -0.15) is 5.10 Å². The van der Waals surface area contributed by atoms with Gasteiger partial charge in [-0.25, -0.2) is 0 Å². The molecule has 0 radical (unpaired) electrons. The maximum absolute atomic E-state index is 6.01. The van der Waals surface area contributed by atoms with Gasteiger partial charge in [0.25, 0.3) is 0 Å². The number of allylic oxidation sites excluding steroid dienone is 1. The molecule has 2 heterocycles. The number of aromatic nitrogens is 2. The summed E-state index contributed by atoms with van der Waals surface area (Å²) in [6.07, 6.45) is 2.68. The number of fused-ring (bicyclic) bond motifs is 3. The van der Waals surface area contributed by atoms with Crippen LogP contribution in [-0.2, 0) is 13.5 Å². The van der Waals surface area contributed by atoms with Crippen LogP contribution in [0.3, 0.4) is 0 Å². The van der Waals surface area contributed by atoms with Crippen molar-refractivity contribution in [2.75, 3.05) is 0 Å². The highest BCUT2D eigenvalue weighted by molar-refractivity contribution is 6.04. The number of rotatable bonds is 7. The molecule has 6 aromatic carbocycles. The van der Waals surface area contributed by atoms with Crippen LogP contribution in [-0.4, -0.2) is 9.78 Å². The van der Waals surface area contributed by atoms with Gasteiger partial charge in [0, 0.05) is 12.4 Å². The zero-order chi connectivity index (χ0) is 32.8. The normalized spacial score (nSPS) is 11.4. The van der Waals surface area contributed by atoms with Gasteiger partial charge < -0.3 is 4.42 Å². The second-order valence-electron chi connectivity index (χ2n) is 12.9. The minimum atomic E-state index is 0.811. The molecule has 232 valence electrons. The second-order valence-corrected chi connectivity index (χ2v) is 12.9. The van der Waals surface area contributed by atoms with Gasteiger partial charge in [0.05, 0.1) is 6.20 Å². The molecule has 48 heavy (non-hydrogen) atoms. The van der Waals surface area contributed by atoms with Gasteiger partial charge in [0.2, 0.25) is 0 Å². The highest BCUT2D eigenvalue weighted by atomic mass is 16.3. The van der Waals surface area contributed by atoms with Gasteiger partial charge >= 0.3 is 0 Å². The van der Waals surface area contributed by atoms with Crippen LogP contribution in [0.2, 0.25) is 0 Å². The molecule has 0 atom stereocenters. The van der Waals surface area contributed by atoms with Crippen LogP contribution < -0.4 is 0 Å². The van der Waals surface area contributed by atoms with E-state index in [1.54, 1.807) is 6.20 Å². The average molecular weight is 621 g/mol. The molecule has 0 amide bonds. The first-order valence-electron chi connectivity index (χ1n) is 16.4. The summed E-state index contributed by atoms with van der Waals surface area (Å²) in [4.78, 5) is 0. The van der Waals surface area contributed by atoms with Crippen molar-refractivity contribution in [2.45, 2.75) is 20.3 Å². The Labute approximate surface area is 281 Å². The van der Waals surface area contributed by atoms with E-state index in [1.807, 2.05) is 11.7 Å². The van der Waals surface area contributed by atoms with Crippen molar-refractivity contribution in [1.29, 1.82) is 0 Å². The van der Waals surface area contributed by atoms with E-state index in [1.165, 1.54) is 66.8 Å². The molecule has 3 heteroatoms. The summed E-state index contributed by atoms with van der Waals surface area (Å²) in [6.45, 7) is 8.40. The van der Waals surface area contributed by atoms with Crippen LogP contribution in [0.25, 0.3) is 77.7 Å². The van der Waals surface area contributed by atoms with E-state index in [4.69, 9.17) is 4.42 Å². The summed E-state index contributed by atoms with van der Waals surface area (Å²) in [5, 5.41) is 5.44. The Morgan fingerprint density at radius 2 is 1.02 bits per heavy atom. The van der Waals surface area contributed by atoms with Gasteiger partial charge in [0.15, 0.2) is 5.58 Å². The molecule has 8 aromatic rings. The number of hydrogen-bond acceptors (Lipinski definition) is 2. The Hall–Kier alpha value is -5.93. The van der Waals surface area contributed by atoms with Crippen LogP contribution in [0.1, 0.15) is 18.1 Å². The van der Waals surface area contributed by atoms with E-state index < -0.39 is 0 Å². The van der Waals surface area contributed by atoms with Crippen molar-refractivity contribution in [3.05, 3.63) is 163 Å². The third kappa shape index (κ3) is 5.54. The largest absolute Gasteiger partial charge is 0.453 e. The molecular formula is C45H36N2O. The molecule has 0 spiro atoms. The smallest absolute Gasteiger partial charge is 0.173 e. The predicted octanol–water partition coefficient (Wildman–Crippen LogP) is 12.1. The molecule has 0 aliphatic carbocycles. The minimum Gasteiger partial charge on any atom is -0.453 e. The summed E-state index contributed by atoms with van der Waals surface area (Å²) < 4.78 is 7.89. The molecule has 3 nitrogen and oxygen atoms in total. The van der Waals surface area contributed by atoms with Gasteiger partial charge in [-0.3, -0.25) is 4.68 Å². The fourth-order valence-corrected chi connectivity index (χ4v) is 6.78. The van der Waals surface area contributed by atoms with Crippen LogP contribution in [0.5, 0.6) is 0 Å². The van der Waals surface area contributed by atoms with Gasteiger partial charge in [-0.15, -0.1) is 0 Å². The van der Waals surface area contributed by atoms with Crippen LogP contribution in [0.15, 0.2) is 156 Å². The van der Waals surface area contributed by atoms with Gasteiger partial charge in [0.1, 0.15) is 11.1 Å². The topological polar surface area (TPSA) is 31.0 Å². The first kappa shape index (κ1) is 29.5. The van der Waals surface area contributed by atoms with Crippen LogP contribution in [0.4, 0.5) is 0 Å². The Morgan fingerprint density at radius 3 is 1.50 bits per heavy atom. The molecule has 8 rings (SSSR count). The van der Waals surface area contributed by atoms with Gasteiger partial charge in [-0.1, -0.05) is 109 Å². The summed E-state index contributed by atoms with van der Waals surface area (Å²) in [5.74, 6) is 0. The highest BCUT2D eigenvalue weighted by Crippen LogP contribution is 2.35. The quantitative estimate of drug-likeness (QED) is 0.166. The van der Waals surface area contributed by atoms with E-state index >= 15 is 0 Å². The van der Waals surface area contributed by atoms with Crippen molar-refractivity contribution in [2.24, 2.45) is 7.05 Å². The SMILES string of the molecule is C=C(C)Cc1cc(-c2cccc(-c3cccc(-c4cccc(-c5cccc(-c6ccc7oc8cnn(C)c8c7c6)c5)c4)c3)c2)ccc1C. The Kier molecular flexibility index (Phi) is 7.38. The van der Waals surface area contributed by atoms with E-state index in [0.29, 0.717) is 0 Å². The lowest BCUT2D eigenvalue weighted by Gasteiger charge is -2.12.